The van der Waals surface area contributed by atoms with Crippen LogP contribution in [0.15, 0.2) is 22.8 Å². The van der Waals surface area contributed by atoms with E-state index in [2.05, 4.69) is 71.0 Å². The molecule has 0 saturated carbocycles. The molecule has 4 heteroatoms. The highest BCUT2D eigenvalue weighted by molar-refractivity contribution is 9.10. The summed E-state index contributed by atoms with van der Waals surface area (Å²) in [4.78, 5) is 7.08. The Labute approximate surface area is 131 Å². The van der Waals surface area contributed by atoms with E-state index in [1.165, 1.54) is 6.42 Å². The van der Waals surface area contributed by atoms with E-state index in [1.807, 2.05) is 6.20 Å². The molecule has 1 unspecified atom stereocenters. The highest BCUT2D eigenvalue weighted by Crippen LogP contribution is 2.23. The highest BCUT2D eigenvalue weighted by Gasteiger charge is 2.34. The fraction of sp³-hybridized carbons (Fsp3) is 0.688. The third kappa shape index (κ3) is 4.27. The molecule has 1 aliphatic rings. The van der Waals surface area contributed by atoms with Gasteiger partial charge >= 0.3 is 0 Å². The number of aromatic nitrogens is 1. The molecule has 1 saturated heterocycles. The van der Waals surface area contributed by atoms with Crippen LogP contribution >= 0.6 is 15.9 Å². The van der Waals surface area contributed by atoms with E-state index in [9.17, 15) is 0 Å². The predicted molar refractivity (Wildman–Crippen MR) is 87.7 cm³/mol. The zero-order valence-corrected chi connectivity index (χ0v) is 14.6. The number of halogens is 1. The van der Waals surface area contributed by atoms with E-state index in [0.717, 1.165) is 35.7 Å². The first-order valence-electron chi connectivity index (χ1n) is 7.45. The molecular formula is C16H26BrN3. The first-order valence-corrected chi connectivity index (χ1v) is 8.25. The van der Waals surface area contributed by atoms with E-state index in [1.54, 1.807) is 0 Å². The lowest BCUT2D eigenvalue weighted by atomic mass is 9.93. The van der Waals surface area contributed by atoms with Crippen LogP contribution in [0.2, 0.25) is 0 Å². The van der Waals surface area contributed by atoms with Crippen molar-refractivity contribution >= 4 is 15.9 Å². The van der Waals surface area contributed by atoms with Gasteiger partial charge in [-0.2, -0.15) is 0 Å². The predicted octanol–water partition coefficient (Wildman–Crippen LogP) is 3.44. The van der Waals surface area contributed by atoms with Gasteiger partial charge in [-0.15, -0.1) is 0 Å². The maximum atomic E-state index is 4.51. The molecule has 2 rings (SSSR count). The van der Waals surface area contributed by atoms with Crippen LogP contribution in [-0.4, -0.2) is 34.6 Å². The second-order valence-corrected chi connectivity index (χ2v) is 7.78. The molecule has 1 aromatic rings. The average molecular weight is 340 g/mol. The molecule has 0 amide bonds. The summed E-state index contributed by atoms with van der Waals surface area (Å²) in [6.07, 6.45) is 3.12. The van der Waals surface area contributed by atoms with Gasteiger partial charge in [-0.1, -0.05) is 13.8 Å². The quantitative estimate of drug-likeness (QED) is 0.910. The second-order valence-electron chi connectivity index (χ2n) is 6.87. The molecule has 1 N–H and O–H groups in total. The van der Waals surface area contributed by atoms with E-state index in [4.69, 9.17) is 0 Å². The highest BCUT2D eigenvalue weighted by atomic mass is 79.9. The summed E-state index contributed by atoms with van der Waals surface area (Å²) in [5, 5.41) is 3.70. The molecule has 112 valence electrons. The lowest BCUT2D eigenvalue weighted by molar-refractivity contribution is 0.0524. The van der Waals surface area contributed by atoms with Crippen LogP contribution in [0.25, 0.3) is 0 Å². The molecule has 3 nitrogen and oxygen atoms in total. The van der Waals surface area contributed by atoms with Crippen molar-refractivity contribution in [2.75, 3.05) is 13.1 Å². The van der Waals surface area contributed by atoms with Crippen molar-refractivity contribution in [3.63, 3.8) is 0 Å². The van der Waals surface area contributed by atoms with Crippen LogP contribution in [0.1, 0.15) is 39.8 Å². The van der Waals surface area contributed by atoms with E-state index in [0.29, 0.717) is 6.04 Å². The Balaban J connectivity index is 2.04. The molecule has 0 bridgehead atoms. The fourth-order valence-corrected chi connectivity index (χ4v) is 3.02. The third-order valence-electron chi connectivity index (χ3n) is 4.02. The van der Waals surface area contributed by atoms with Gasteiger partial charge in [0, 0.05) is 41.9 Å². The molecule has 1 aromatic heterocycles. The van der Waals surface area contributed by atoms with E-state index >= 15 is 0 Å². The molecule has 0 spiro atoms. The lowest BCUT2D eigenvalue weighted by Crippen LogP contribution is -2.61. The molecule has 1 atom stereocenters. The Morgan fingerprint density at radius 3 is 2.80 bits per heavy atom. The minimum Gasteiger partial charge on any atom is -0.311 e. The van der Waals surface area contributed by atoms with Crippen LogP contribution in [0.5, 0.6) is 0 Å². The van der Waals surface area contributed by atoms with Gasteiger partial charge in [-0.05, 0) is 54.2 Å². The van der Waals surface area contributed by atoms with Crippen molar-refractivity contribution in [1.82, 2.24) is 15.2 Å². The zero-order valence-electron chi connectivity index (χ0n) is 13.0. The van der Waals surface area contributed by atoms with Crippen LogP contribution in [0, 0.1) is 5.92 Å². The molecule has 20 heavy (non-hydrogen) atoms. The summed E-state index contributed by atoms with van der Waals surface area (Å²) in [6.45, 7) is 12.3. The molecule has 1 aliphatic heterocycles. The zero-order chi connectivity index (χ0) is 14.8. The van der Waals surface area contributed by atoms with Crippen molar-refractivity contribution in [2.45, 2.75) is 52.2 Å². The summed E-state index contributed by atoms with van der Waals surface area (Å²) in [6, 6.07) is 4.78. The Hall–Kier alpha value is -0.450. The maximum Gasteiger partial charge on any atom is 0.0545 e. The Kier molecular flexibility index (Phi) is 5.21. The summed E-state index contributed by atoms with van der Waals surface area (Å²) in [5.41, 5.74) is 1.33. The molecular weight excluding hydrogens is 314 g/mol. The standard InChI is InChI=1S/C16H26BrN3/c1-12(2)7-15-10-20(16(3,4)11-19-15)9-14-6-5-13(17)8-18-14/h5-6,8,12,15,19H,7,9-11H2,1-4H3. The fourth-order valence-electron chi connectivity index (χ4n) is 2.78. The van der Waals surface area contributed by atoms with Gasteiger partial charge in [0.25, 0.3) is 0 Å². The van der Waals surface area contributed by atoms with Crippen molar-refractivity contribution in [2.24, 2.45) is 5.92 Å². The van der Waals surface area contributed by atoms with Gasteiger partial charge in [-0.25, -0.2) is 0 Å². The Bertz CT molecular complexity index is 428. The number of rotatable bonds is 4. The van der Waals surface area contributed by atoms with Crippen molar-refractivity contribution in [1.29, 1.82) is 0 Å². The first-order chi connectivity index (χ1) is 9.37. The van der Waals surface area contributed by atoms with Gasteiger partial charge in [0.1, 0.15) is 0 Å². The lowest BCUT2D eigenvalue weighted by Gasteiger charge is -2.46. The monoisotopic (exact) mass is 339 g/mol. The van der Waals surface area contributed by atoms with Gasteiger partial charge in [0.05, 0.1) is 5.69 Å². The minimum absolute atomic E-state index is 0.183. The van der Waals surface area contributed by atoms with Crippen LogP contribution < -0.4 is 5.32 Å². The maximum absolute atomic E-state index is 4.51. The average Bonchev–Trinajstić information content (AvgIpc) is 2.36. The topological polar surface area (TPSA) is 28.2 Å². The summed E-state index contributed by atoms with van der Waals surface area (Å²) < 4.78 is 1.04. The first kappa shape index (κ1) is 15.9. The number of nitrogens with zero attached hydrogens (tertiary/aromatic N) is 2. The SMILES string of the molecule is CC(C)CC1CN(Cc2ccc(Br)cn2)C(C)(C)CN1. The summed E-state index contributed by atoms with van der Waals surface area (Å²) in [7, 11) is 0. The van der Waals surface area contributed by atoms with Crippen molar-refractivity contribution < 1.29 is 0 Å². The van der Waals surface area contributed by atoms with Crippen molar-refractivity contribution in [3.8, 4) is 0 Å². The number of hydrogen-bond acceptors (Lipinski definition) is 3. The molecule has 0 aliphatic carbocycles. The molecule has 2 heterocycles. The van der Waals surface area contributed by atoms with E-state index in [-0.39, 0.29) is 5.54 Å². The minimum atomic E-state index is 0.183. The van der Waals surface area contributed by atoms with Crippen LogP contribution in [0.4, 0.5) is 0 Å². The number of nitrogens with one attached hydrogen (secondary N) is 1. The normalized spacial score (nSPS) is 23.2. The van der Waals surface area contributed by atoms with Crippen LogP contribution in [0.3, 0.4) is 0 Å². The van der Waals surface area contributed by atoms with Crippen molar-refractivity contribution in [3.05, 3.63) is 28.5 Å². The van der Waals surface area contributed by atoms with Gasteiger partial charge in [0.2, 0.25) is 0 Å². The third-order valence-corrected chi connectivity index (χ3v) is 4.49. The largest absolute Gasteiger partial charge is 0.311 e. The summed E-state index contributed by atoms with van der Waals surface area (Å²) in [5.74, 6) is 0.737. The number of hydrogen-bond donors (Lipinski definition) is 1. The van der Waals surface area contributed by atoms with E-state index < -0.39 is 0 Å². The summed E-state index contributed by atoms with van der Waals surface area (Å²) >= 11 is 3.44. The van der Waals surface area contributed by atoms with Gasteiger partial charge in [0.15, 0.2) is 0 Å². The van der Waals surface area contributed by atoms with Gasteiger partial charge < -0.3 is 5.32 Å². The molecule has 1 fully saturated rings. The number of piperazine rings is 1. The van der Waals surface area contributed by atoms with Gasteiger partial charge in [-0.3, -0.25) is 9.88 Å². The molecule has 0 aromatic carbocycles. The second kappa shape index (κ2) is 6.54. The van der Waals surface area contributed by atoms with Crippen LogP contribution in [-0.2, 0) is 6.54 Å². The Morgan fingerprint density at radius 2 is 2.20 bits per heavy atom. The smallest absolute Gasteiger partial charge is 0.0545 e. The molecule has 0 radical (unpaired) electrons. The number of pyridine rings is 1. The Morgan fingerprint density at radius 1 is 1.45 bits per heavy atom.